The van der Waals surface area contributed by atoms with Gasteiger partial charge >= 0.3 is 0 Å². The van der Waals surface area contributed by atoms with Gasteiger partial charge in [0.1, 0.15) is 5.69 Å². The molecule has 4 aromatic rings. The van der Waals surface area contributed by atoms with Gasteiger partial charge in [0, 0.05) is 23.6 Å². The van der Waals surface area contributed by atoms with Crippen LogP contribution in [0.5, 0.6) is 0 Å². The highest BCUT2D eigenvalue weighted by Gasteiger charge is 2.15. The minimum Gasteiger partial charge on any atom is -0.321 e. The Morgan fingerprint density at radius 2 is 1.88 bits per heavy atom. The highest BCUT2D eigenvalue weighted by atomic mass is 35.5. The summed E-state index contributed by atoms with van der Waals surface area (Å²) in [7, 11) is 0. The topological polar surface area (TPSA) is 72.2 Å². The molecular weight excluding hydrogens is 373 g/mol. The van der Waals surface area contributed by atoms with E-state index in [1.54, 1.807) is 65.3 Å². The van der Waals surface area contributed by atoms with Crippen LogP contribution in [0.2, 0.25) is 10.0 Å². The number of amides is 1. The Bertz CT molecular complexity index is 1110. The molecule has 0 fully saturated rings. The molecule has 0 bridgehead atoms. The standard InChI is InChI=1S/C18H11Cl2N5O/c19-13-7-6-11(22-18(26)15-5-1-2-8-21-15)10-12(13)16-23-24-17-14(20)4-3-9-25(16)17/h1-10H,(H,22,26). The van der Waals surface area contributed by atoms with E-state index in [4.69, 9.17) is 23.2 Å². The largest absolute Gasteiger partial charge is 0.321 e. The predicted octanol–water partition coefficient (Wildman–Crippen LogP) is 4.35. The zero-order chi connectivity index (χ0) is 18.1. The number of rotatable bonds is 3. The minimum atomic E-state index is -0.312. The maximum atomic E-state index is 12.3. The lowest BCUT2D eigenvalue weighted by molar-refractivity contribution is 0.102. The molecule has 4 rings (SSSR count). The molecule has 0 aliphatic carbocycles. The van der Waals surface area contributed by atoms with Crippen molar-refractivity contribution in [1.29, 1.82) is 0 Å². The molecule has 0 atom stereocenters. The Morgan fingerprint density at radius 3 is 2.69 bits per heavy atom. The van der Waals surface area contributed by atoms with Crippen LogP contribution in [0.25, 0.3) is 17.0 Å². The number of pyridine rings is 2. The van der Waals surface area contributed by atoms with Crippen LogP contribution >= 0.6 is 23.2 Å². The molecule has 0 unspecified atom stereocenters. The van der Waals surface area contributed by atoms with E-state index in [2.05, 4.69) is 20.5 Å². The highest BCUT2D eigenvalue weighted by Crippen LogP contribution is 2.31. The predicted molar refractivity (Wildman–Crippen MR) is 101 cm³/mol. The van der Waals surface area contributed by atoms with E-state index >= 15 is 0 Å². The molecule has 8 heteroatoms. The SMILES string of the molecule is O=C(Nc1ccc(Cl)c(-c2nnc3c(Cl)cccn23)c1)c1ccccn1. The first-order chi connectivity index (χ1) is 12.6. The van der Waals surface area contributed by atoms with Gasteiger partial charge in [0.05, 0.1) is 10.0 Å². The number of carbonyl (C=O) groups excluding carboxylic acids is 1. The van der Waals surface area contributed by atoms with Gasteiger partial charge in [-0.1, -0.05) is 29.3 Å². The van der Waals surface area contributed by atoms with Crippen molar-refractivity contribution < 1.29 is 4.79 Å². The summed E-state index contributed by atoms with van der Waals surface area (Å²) in [4.78, 5) is 16.3. The van der Waals surface area contributed by atoms with Gasteiger partial charge < -0.3 is 5.32 Å². The second-order valence-corrected chi connectivity index (χ2v) is 6.25. The number of benzene rings is 1. The van der Waals surface area contributed by atoms with Crippen LogP contribution in [0, 0.1) is 0 Å². The molecule has 6 nitrogen and oxygen atoms in total. The number of carbonyl (C=O) groups is 1. The minimum absolute atomic E-state index is 0.312. The van der Waals surface area contributed by atoms with Crippen molar-refractivity contribution in [2.75, 3.05) is 5.32 Å². The third-order valence-electron chi connectivity index (χ3n) is 3.75. The van der Waals surface area contributed by atoms with Gasteiger partial charge in [-0.3, -0.25) is 14.2 Å². The van der Waals surface area contributed by atoms with Crippen LogP contribution in [0.4, 0.5) is 5.69 Å². The van der Waals surface area contributed by atoms with Gasteiger partial charge in [0.15, 0.2) is 11.5 Å². The number of aromatic nitrogens is 4. The molecule has 1 N–H and O–H groups in total. The smallest absolute Gasteiger partial charge is 0.274 e. The van der Waals surface area contributed by atoms with E-state index in [1.807, 2.05) is 0 Å². The van der Waals surface area contributed by atoms with E-state index in [-0.39, 0.29) is 5.91 Å². The van der Waals surface area contributed by atoms with Gasteiger partial charge in [-0.25, -0.2) is 0 Å². The zero-order valence-corrected chi connectivity index (χ0v) is 14.7. The van der Waals surface area contributed by atoms with Crippen LogP contribution in [-0.2, 0) is 0 Å². The molecule has 26 heavy (non-hydrogen) atoms. The molecule has 0 radical (unpaired) electrons. The summed E-state index contributed by atoms with van der Waals surface area (Å²) in [5, 5.41) is 12.1. The molecule has 0 saturated heterocycles. The number of anilines is 1. The van der Waals surface area contributed by atoms with Crippen molar-refractivity contribution in [3.05, 3.63) is 76.7 Å². The number of halogens is 2. The van der Waals surface area contributed by atoms with Crippen molar-refractivity contribution in [1.82, 2.24) is 19.6 Å². The fraction of sp³-hybridized carbons (Fsp3) is 0. The molecule has 1 aromatic carbocycles. The highest BCUT2D eigenvalue weighted by molar-refractivity contribution is 6.34. The summed E-state index contributed by atoms with van der Waals surface area (Å²) in [6.45, 7) is 0. The third-order valence-corrected chi connectivity index (χ3v) is 4.37. The van der Waals surface area contributed by atoms with E-state index in [0.717, 1.165) is 0 Å². The van der Waals surface area contributed by atoms with Gasteiger partial charge in [-0.15, -0.1) is 10.2 Å². The second-order valence-electron chi connectivity index (χ2n) is 5.44. The first-order valence-corrected chi connectivity index (χ1v) is 8.40. The number of fused-ring (bicyclic) bond motifs is 1. The molecule has 0 aliphatic rings. The third kappa shape index (κ3) is 3.00. The van der Waals surface area contributed by atoms with Crippen LogP contribution < -0.4 is 5.32 Å². The lowest BCUT2D eigenvalue weighted by Crippen LogP contribution is -2.13. The first kappa shape index (κ1) is 16.5. The average Bonchev–Trinajstić information content (AvgIpc) is 3.09. The maximum absolute atomic E-state index is 12.3. The van der Waals surface area contributed by atoms with Gasteiger partial charge in [0.2, 0.25) is 0 Å². The van der Waals surface area contributed by atoms with Crippen LogP contribution in [0.3, 0.4) is 0 Å². The summed E-state index contributed by atoms with van der Waals surface area (Å²) in [5.74, 6) is 0.217. The van der Waals surface area contributed by atoms with Crippen molar-refractivity contribution in [2.24, 2.45) is 0 Å². The lowest BCUT2D eigenvalue weighted by atomic mass is 10.1. The average molecular weight is 384 g/mol. The van der Waals surface area contributed by atoms with Crippen molar-refractivity contribution in [3.63, 3.8) is 0 Å². The Morgan fingerprint density at radius 1 is 1.00 bits per heavy atom. The van der Waals surface area contributed by atoms with E-state index < -0.39 is 0 Å². The number of hydrogen-bond acceptors (Lipinski definition) is 4. The Hall–Kier alpha value is -2.96. The molecule has 0 saturated carbocycles. The molecule has 3 aromatic heterocycles. The summed E-state index contributed by atoms with van der Waals surface area (Å²) in [6.07, 6.45) is 3.36. The summed E-state index contributed by atoms with van der Waals surface area (Å²) >= 11 is 12.5. The molecule has 3 heterocycles. The van der Waals surface area contributed by atoms with E-state index in [0.29, 0.717) is 38.5 Å². The van der Waals surface area contributed by atoms with Crippen LogP contribution in [0.1, 0.15) is 10.5 Å². The maximum Gasteiger partial charge on any atom is 0.274 e. The Labute approximate surface area is 158 Å². The Kier molecular flexibility index (Phi) is 4.28. The summed E-state index contributed by atoms with van der Waals surface area (Å²) in [6, 6.07) is 13.8. The van der Waals surface area contributed by atoms with Crippen molar-refractivity contribution >= 4 is 40.4 Å². The number of nitrogens with zero attached hydrogens (tertiary/aromatic N) is 4. The second kappa shape index (κ2) is 6.74. The molecule has 0 spiro atoms. The van der Waals surface area contributed by atoms with Crippen molar-refractivity contribution in [2.45, 2.75) is 0 Å². The van der Waals surface area contributed by atoms with Gasteiger partial charge in [0.25, 0.3) is 5.91 Å². The van der Waals surface area contributed by atoms with Gasteiger partial charge in [-0.2, -0.15) is 0 Å². The molecule has 128 valence electrons. The van der Waals surface area contributed by atoms with Crippen molar-refractivity contribution in [3.8, 4) is 11.4 Å². The molecule has 1 amide bonds. The van der Waals surface area contributed by atoms with Gasteiger partial charge in [-0.05, 0) is 42.5 Å². The zero-order valence-electron chi connectivity index (χ0n) is 13.2. The van der Waals surface area contributed by atoms with Crippen LogP contribution in [0.15, 0.2) is 60.9 Å². The van der Waals surface area contributed by atoms with E-state index in [9.17, 15) is 4.79 Å². The molecule has 0 aliphatic heterocycles. The Balaban J connectivity index is 1.73. The fourth-order valence-electron chi connectivity index (χ4n) is 2.53. The number of hydrogen-bond donors (Lipinski definition) is 1. The quantitative estimate of drug-likeness (QED) is 0.570. The van der Waals surface area contributed by atoms with E-state index in [1.165, 1.54) is 0 Å². The fourth-order valence-corrected chi connectivity index (χ4v) is 2.94. The monoisotopic (exact) mass is 383 g/mol. The normalized spacial score (nSPS) is 10.8. The van der Waals surface area contributed by atoms with Crippen LogP contribution in [-0.4, -0.2) is 25.5 Å². The summed E-state index contributed by atoms with van der Waals surface area (Å²) in [5.41, 5.74) is 2.05. The lowest BCUT2D eigenvalue weighted by Gasteiger charge is -2.08. The summed E-state index contributed by atoms with van der Waals surface area (Å²) < 4.78 is 1.74. The molecular formula is C18H11Cl2N5O. The first-order valence-electron chi connectivity index (χ1n) is 7.65. The number of nitrogens with one attached hydrogen (secondary N) is 1.